The monoisotopic (exact) mass is 282 g/mol. The molecule has 0 aliphatic heterocycles. The van der Waals surface area contributed by atoms with Crippen molar-refractivity contribution in [3.8, 4) is 0 Å². The zero-order valence-electron chi connectivity index (χ0n) is 11.3. The van der Waals surface area contributed by atoms with Crippen molar-refractivity contribution in [1.82, 2.24) is 0 Å². The number of benzene rings is 1. The fourth-order valence-corrected chi connectivity index (χ4v) is 3.11. The molecule has 0 amide bonds. The van der Waals surface area contributed by atoms with Gasteiger partial charge in [-0.3, -0.25) is 4.79 Å². The van der Waals surface area contributed by atoms with E-state index in [-0.39, 0.29) is 23.9 Å². The molecule has 104 valence electrons. The van der Waals surface area contributed by atoms with Gasteiger partial charge in [0.15, 0.2) is 0 Å². The summed E-state index contributed by atoms with van der Waals surface area (Å²) in [6.45, 7) is 2.18. The first kappa shape index (κ1) is 14.5. The van der Waals surface area contributed by atoms with Gasteiger partial charge < -0.3 is 0 Å². The maximum atomic E-state index is 13.7. The topological polar surface area (TPSA) is 17.1 Å². The van der Waals surface area contributed by atoms with Gasteiger partial charge in [0.2, 0.25) is 0 Å². The largest absolute Gasteiger partial charge is 0.299 e. The molecule has 19 heavy (non-hydrogen) atoms. The second kappa shape index (κ2) is 6.51. The second-order valence-electron chi connectivity index (χ2n) is 5.52. The number of carbonyl (C=O) groups excluding carboxylic acids is 1. The summed E-state index contributed by atoms with van der Waals surface area (Å²) in [6, 6.07) is 4.54. The van der Waals surface area contributed by atoms with Crippen LogP contribution in [0.15, 0.2) is 18.2 Å². The quantitative estimate of drug-likeness (QED) is 0.775. The van der Waals surface area contributed by atoms with Crippen LogP contribution in [-0.4, -0.2) is 5.78 Å². The van der Waals surface area contributed by atoms with Gasteiger partial charge in [0.05, 0.1) is 0 Å². The molecule has 0 saturated heterocycles. The maximum Gasteiger partial charge on any atom is 0.140 e. The summed E-state index contributed by atoms with van der Waals surface area (Å²) in [5.74, 6) is 0.592. The fourth-order valence-electron chi connectivity index (χ4n) is 2.95. The Labute approximate surface area is 119 Å². The predicted molar refractivity (Wildman–Crippen MR) is 75.9 cm³/mol. The van der Waals surface area contributed by atoms with Crippen molar-refractivity contribution in [3.05, 3.63) is 34.6 Å². The lowest BCUT2D eigenvalue weighted by molar-refractivity contribution is -0.123. The Morgan fingerprint density at radius 1 is 1.42 bits per heavy atom. The smallest absolute Gasteiger partial charge is 0.140 e. The first-order chi connectivity index (χ1) is 9.10. The molecular formula is C16H20ClFO. The molecule has 0 aromatic heterocycles. The molecule has 1 aliphatic carbocycles. The normalized spacial score (nSPS) is 23.3. The Balaban J connectivity index is 2.00. The molecule has 2 unspecified atom stereocenters. The average molecular weight is 283 g/mol. The minimum atomic E-state index is -0.372. The summed E-state index contributed by atoms with van der Waals surface area (Å²) in [5.41, 5.74) is 0.466. The molecule has 0 heterocycles. The number of halogens is 2. The van der Waals surface area contributed by atoms with Crippen molar-refractivity contribution < 1.29 is 9.18 Å². The molecular weight excluding hydrogens is 263 g/mol. The number of hydrogen-bond donors (Lipinski definition) is 0. The molecule has 1 aliphatic rings. The molecule has 1 aromatic rings. The second-order valence-corrected chi connectivity index (χ2v) is 5.95. The van der Waals surface area contributed by atoms with Gasteiger partial charge in [-0.1, -0.05) is 43.9 Å². The van der Waals surface area contributed by atoms with Crippen LogP contribution in [0.1, 0.15) is 44.6 Å². The zero-order chi connectivity index (χ0) is 13.8. The average Bonchev–Trinajstić information content (AvgIpc) is 2.42. The summed E-state index contributed by atoms with van der Waals surface area (Å²) < 4.78 is 13.7. The van der Waals surface area contributed by atoms with Gasteiger partial charge in [-0.05, 0) is 36.5 Å². The van der Waals surface area contributed by atoms with E-state index in [9.17, 15) is 9.18 Å². The predicted octanol–water partition coefficient (Wildman–Crippen LogP) is 4.81. The van der Waals surface area contributed by atoms with E-state index in [0.717, 1.165) is 25.7 Å². The summed E-state index contributed by atoms with van der Waals surface area (Å²) in [6.07, 6.45) is 5.63. The molecule has 0 spiro atoms. The zero-order valence-corrected chi connectivity index (χ0v) is 12.0. The third kappa shape index (κ3) is 3.79. The molecule has 3 heteroatoms. The van der Waals surface area contributed by atoms with Gasteiger partial charge in [-0.2, -0.15) is 0 Å². The van der Waals surface area contributed by atoms with Crippen LogP contribution in [0.4, 0.5) is 4.39 Å². The Bertz CT molecular complexity index is 458. The van der Waals surface area contributed by atoms with Crippen molar-refractivity contribution in [2.75, 3.05) is 0 Å². The molecule has 0 radical (unpaired) electrons. The van der Waals surface area contributed by atoms with Gasteiger partial charge >= 0.3 is 0 Å². The Morgan fingerprint density at radius 3 is 2.89 bits per heavy atom. The molecule has 2 atom stereocenters. The SMILES string of the molecule is CCC1CCCC(C(=O)Cc2ccc(Cl)cc2F)C1. The number of Topliss-reactive ketones (excluding diaryl/α,β-unsaturated/α-hetero) is 1. The van der Waals surface area contributed by atoms with E-state index in [0.29, 0.717) is 16.5 Å². The van der Waals surface area contributed by atoms with Gasteiger partial charge in [-0.15, -0.1) is 0 Å². The molecule has 1 aromatic carbocycles. The number of carbonyl (C=O) groups is 1. The molecule has 1 fully saturated rings. The first-order valence-electron chi connectivity index (χ1n) is 7.06. The first-order valence-corrected chi connectivity index (χ1v) is 7.44. The van der Waals surface area contributed by atoms with Crippen LogP contribution in [-0.2, 0) is 11.2 Å². The molecule has 0 N–H and O–H groups in total. The highest BCUT2D eigenvalue weighted by Crippen LogP contribution is 2.32. The maximum absolute atomic E-state index is 13.7. The summed E-state index contributed by atoms with van der Waals surface area (Å²) in [7, 11) is 0. The van der Waals surface area contributed by atoms with Gasteiger partial charge in [0, 0.05) is 17.4 Å². The fraction of sp³-hybridized carbons (Fsp3) is 0.562. The Hall–Kier alpha value is -0.890. The standard InChI is InChI=1S/C16H20ClFO/c1-2-11-4-3-5-13(8-11)16(19)9-12-6-7-14(17)10-15(12)18/h6-7,10-11,13H,2-5,8-9H2,1H3. The van der Waals surface area contributed by atoms with Crippen LogP contribution in [0.5, 0.6) is 0 Å². The number of hydrogen-bond acceptors (Lipinski definition) is 1. The van der Waals surface area contributed by atoms with Crippen LogP contribution in [0.25, 0.3) is 0 Å². The van der Waals surface area contributed by atoms with E-state index in [4.69, 9.17) is 11.6 Å². The van der Waals surface area contributed by atoms with E-state index in [1.165, 1.54) is 12.5 Å². The van der Waals surface area contributed by atoms with Crippen molar-refractivity contribution >= 4 is 17.4 Å². The minimum Gasteiger partial charge on any atom is -0.299 e. The number of rotatable bonds is 4. The van der Waals surface area contributed by atoms with Crippen molar-refractivity contribution in [2.24, 2.45) is 11.8 Å². The van der Waals surface area contributed by atoms with Crippen LogP contribution >= 0.6 is 11.6 Å². The van der Waals surface area contributed by atoms with Crippen molar-refractivity contribution in [1.29, 1.82) is 0 Å². The number of ketones is 1. The highest BCUT2D eigenvalue weighted by molar-refractivity contribution is 6.30. The van der Waals surface area contributed by atoms with E-state index >= 15 is 0 Å². The lowest BCUT2D eigenvalue weighted by Crippen LogP contribution is -2.24. The van der Waals surface area contributed by atoms with Crippen LogP contribution < -0.4 is 0 Å². The van der Waals surface area contributed by atoms with Crippen LogP contribution in [0.2, 0.25) is 5.02 Å². The molecule has 1 nitrogen and oxygen atoms in total. The summed E-state index contributed by atoms with van der Waals surface area (Å²) >= 11 is 5.72. The minimum absolute atomic E-state index is 0.119. The van der Waals surface area contributed by atoms with Gasteiger partial charge in [0.1, 0.15) is 11.6 Å². The Kier molecular flexibility index (Phi) is 4.98. The molecule has 2 rings (SSSR count). The third-order valence-corrected chi connectivity index (χ3v) is 4.43. The summed E-state index contributed by atoms with van der Waals surface area (Å²) in [4.78, 5) is 12.3. The van der Waals surface area contributed by atoms with E-state index in [2.05, 4.69) is 6.92 Å². The summed E-state index contributed by atoms with van der Waals surface area (Å²) in [5, 5.41) is 0.373. The van der Waals surface area contributed by atoms with Gasteiger partial charge in [-0.25, -0.2) is 4.39 Å². The van der Waals surface area contributed by atoms with E-state index in [1.54, 1.807) is 12.1 Å². The lowest BCUT2D eigenvalue weighted by Gasteiger charge is -2.27. The van der Waals surface area contributed by atoms with E-state index in [1.807, 2.05) is 0 Å². The molecule has 0 bridgehead atoms. The lowest BCUT2D eigenvalue weighted by atomic mass is 9.77. The Morgan fingerprint density at radius 2 is 2.21 bits per heavy atom. The van der Waals surface area contributed by atoms with Crippen LogP contribution in [0.3, 0.4) is 0 Å². The molecule has 1 saturated carbocycles. The highest BCUT2D eigenvalue weighted by atomic mass is 35.5. The van der Waals surface area contributed by atoms with E-state index < -0.39 is 0 Å². The van der Waals surface area contributed by atoms with Crippen molar-refractivity contribution in [3.63, 3.8) is 0 Å². The highest BCUT2D eigenvalue weighted by Gasteiger charge is 2.26. The van der Waals surface area contributed by atoms with Crippen molar-refractivity contribution in [2.45, 2.75) is 45.4 Å². The third-order valence-electron chi connectivity index (χ3n) is 4.20. The van der Waals surface area contributed by atoms with Gasteiger partial charge in [0.25, 0.3) is 0 Å². The van der Waals surface area contributed by atoms with Crippen LogP contribution in [0, 0.1) is 17.7 Å².